The Hall–Kier alpha value is -3.02. The zero-order valence-electron chi connectivity index (χ0n) is 14.0. The van der Waals surface area contributed by atoms with Crippen molar-refractivity contribution in [2.24, 2.45) is 5.73 Å². The van der Waals surface area contributed by atoms with Crippen LogP contribution >= 0.6 is 0 Å². The number of phenolic OH excluding ortho intramolecular Hbond substituents is 1. The van der Waals surface area contributed by atoms with Crippen molar-refractivity contribution in [1.82, 2.24) is 4.72 Å². The molecule has 7 nitrogen and oxygen atoms in total. The van der Waals surface area contributed by atoms with Crippen LogP contribution < -0.4 is 15.2 Å². The van der Waals surface area contributed by atoms with E-state index in [9.17, 15) is 18.3 Å². The number of carbonyl (C=O) groups excluding carboxylic acids is 1. The van der Waals surface area contributed by atoms with Crippen LogP contribution in [0.3, 0.4) is 0 Å². The molecule has 136 valence electrons. The topological polar surface area (TPSA) is 119 Å². The number of sulfonamides is 1. The SMILES string of the molecule is CC#CCOc1ccc(S(=O)(=O)NC(C(N)=O)c2ccc(O)cc2)cc1. The summed E-state index contributed by atoms with van der Waals surface area (Å²) < 4.78 is 32.7. The highest BCUT2D eigenvalue weighted by atomic mass is 32.2. The van der Waals surface area contributed by atoms with E-state index in [-0.39, 0.29) is 17.3 Å². The van der Waals surface area contributed by atoms with Gasteiger partial charge in [-0.3, -0.25) is 4.79 Å². The van der Waals surface area contributed by atoms with Crippen molar-refractivity contribution in [1.29, 1.82) is 0 Å². The quantitative estimate of drug-likeness (QED) is 0.631. The zero-order valence-corrected chi connectivity index (χ0v) is 14.8. The van der Waals surface area contributed by atoms with Crippen molar-refractivity contribution in [3.63, 3.8) is 0 Å². The molecule has 0 aromatic heterocycles. The summed E-state index contributed by atoms with van der Waals surface area (Å²) in [4.78, 5) is 11.6. The fourth-order valence-corrected chi connectivity index (χ4v) is 3.28. The first-order valence-corrected chi connectivity index (χ1v) is 9.05. The molecule has 0 fully saturated rings. The summed E-state index contributed by atoms with van der Waals surface area (Å²) in [7, 11) is -4.00. The highest BCUT2D eigenvalue weighted by Crippen LogP contribution is 2.21. The Morgan fingerprint density at radius 3 is 2.35 bits per heavy atom. The Labute approximate surface area is 151 Å². The van der Waals surface area contributed by atoms with Crippen molar-refractivity contribution >= 4 is 15.9 Å². The summed E-state index contributed by atoms with van der Waals surface area (Å²) in [5.41, 5.74) is 5.64. The molecule has 2 aromatic rings. The predicted molar refractivity (Wildman–Crippen MR) is 95.8 cm³/mol. The number of hydrogen-bond acceptors (Lipinski definition) is 5. The number of primary amides is 1. The van der Waals surface area contributed by atoms with Gasteiger partial charge in [0.25, 0.3) is 0 Å². The molecule has 0 aliphatic heterocycles. The van der Waals surface area contributed by atoms with Crippen molar-refractivity contribution < 1.29 is 23.1 Å². The molecular weight excluding hydrogens is 356 g/mol. The number of benzene rings is 2. The van der Waals surface area contributed by atoms with Crippen LogP contribution in [0.1, 0.15) is 18.5 Å². The molecule has 1 amide bonds. The summed E-state index contributed by atoms with van der Waals surface area (Å²) >= 11 is 0. The van der Waals surface area contributed by atoms with E-state index in [2.05, 4.69) is 16.6 Å². The summed E-state index contributed by atoms with van der Waals surface area (Å²) in [6.45, 7) is 1.89. The van der Waals surface area contributed by atoms with Crippen molar-refractivity contribution in [3.05, 3.63) is 54.1 Å². The normalized spacial score (nSPS) is 11.9. The fraction of sp³-hybridized carbons (Fsp3) is 0.167. The standard InChI is InChI=1S/C18H18N2O5S/c1-2-3-12-25-15-8-10-16(11-9-15)26(23,24)20-17(18(19)22)13-4-6-14(21)7-5-13/h4-11,17,20-21H,12H2,1H3,(H2,19,22). The molecule has 0 bridgehead atoms. The molecular formula is C18H18N2O5S. The molecule has 0 heterocycles. The number of aromatic hydroxyl groups is 1. The van der Waals surface area contributed by atoms with E-state index in [4.69, 9.17) is 10.5 Å². The lowest BCUT2D eigenvalue weighted by Crippen LogP contribution is -2.37. The van der Waals surface area contributed by atoms with Crippen molar-refractivity contribution in [3.8, 4) is 23.3 Å². The third kappa shape index (κ3) is 4.99. The lowest BCUT2D eigenvalue weighted by atomic mass is 10.1. The molecule has 1 atom stereocenters. The second-order valence-corrected chi connectivity index (χ2v) is 6.95. The van der Waals surface area contributed by atoms with Gasteiger partial charge in [0.05, 0.1) is 4.90 Å². The average Bonchev–Trinajstić information content (AvgIpc) is 2.61. The molecule has 2 aromatic carbocycles. The van der Waals surface area contributed by atoms with Gasteiger partial charge in [-0.25, -0.2) is 8.42 Å². The van der Waals surface area contributed by atoms with E-state index >= 15 is 0 Å². The smallest absolute Gasteiger partial charge is 0.241 e. The van der Waals surface area contributed by atoms with Crippen molar-refractivity contribution in [2.75, 3.05) is 6.61 Å². The van der Waals surface area contributed by atoms with E-state index < -0.39 is 22.0 Å². The summed E-state index contributed by atoms with van der Waals surface area (Å²) in [5.74, 6) is 5.01. The van der Waals surface area contributed by atoms with E-state index in [0.717, 1.165) is 0 Å². The molecule has 26 heavy (non-hydrogen) atoms. The van der Waals surface area contributed by atoms with Gasteiger partial charge in [-0.1, -0.05) is 18.1 Å². The minimum Gasteiger partial charge on any atom is -0.508 e. The lowest BCUT2D eigenvalue weighted by molar-refractivity contribution is -0.119. The van der Waals surface area contributed by atoms with E-state index in [0.29, 0.717) is 11.3 Å². The molecule has 0 aliphatic rings. The number of ether oxygens (including phenoxy) is 1. The van der Waals surface area contributed by atoms with E-state index in [1.807, 2.05) is 0 Å². The van der Waals surface area contributed by atoms with Gasteiger partial charge in [-0.05, 0) is 48.9 Å². The molecule has 8 heteroatoms. The number of nitrogens with two attached hydrogens (primary N) is 1. The summed E-state index contributed by atoms with van der Waals surface area (Å²) in [5, 5.41) is 9.32. The summed E-state index contributed by atoms with van der Waals surface area (Å²) in [6.07, 6.45) is 0. The Kier molecular flexibility index (Phi) is 6.22. The average molecular weight is 374 g/mol. The molecule has 1 unspecified atom stereocenters. The molecule has 2 rings (SSSR count). The molecule has 0 aliphatic carbocycles. The van der Waals surface area contributed by atoms with Crippen LogP contribution in [0.2, 0.25) is 0 Å². The Balaban J connectivity index is 2.20. The van der Waals surface area contributed by atoms with Crippen molar-refractivity contribution in [2.45, 2.75) is 17.9 Å². The molecule has 0 spiro atoms. The highest BCUT2D eigenvalue weighted by Gasteiger charge is 2.25. The van der Waals surface area contributed by atoms with Crippen LogP contribution in [0.15, 0.2) is 53.4 Å². The summed E-state index contributed by atoms with van der Waals surface area (Å²) in [6, 6.07) is 9.93. The van der Waals surface area contributed by atoms with Gasteiger partial charge < -0.3 is 15.6 Å². The van der Waals surface area contributed by atoms with Crippen LogP contribution in [0.25, 0.3) is 0 Å². The lowest BCUT2D eigenvalue weighted by Gasteiger charge is -2.16. The molecule has 4 N–H and O–H groups in total. The Bertz CT molecular complexity index is 926. The fourth-order valence-electron chi connectivity index (χ4n) is 2.09. The number of rotatable bonds is 7. The second kappa shape index (κ2) is 8.38. The first-order chi connectivity index (χ1) is 12.3. The first-order valence-electron chi connectivity index (χ1n) is 7.56. The zero-order chi connectivity index (χ0) is 19.2. The van der Waals surface area contributed by atoms with Gasteiger partial charge in [-0.2, -0.15) is 4.72 Å². The van der Waals surface area contributed by atoms with Crippen LogP contribution in [0.4, 0.5) is 0 Å². The number of carbonyl (C=O) groups is 1. The van der Waals surface area contributed by atoms with Gasteiger partial charge in [0.1, 0.15) is 24.1 Å². The van der Waals surface area contributed by atoms with Crippen LogP contribution in [0.5, 0.6) is 11.5 Å². The maximum Gasteiger partial charge on any atom is 0.241 e. The van der Waals surface area contributed by atoms with Crippen LogP contribution in [-0.2, 0) is 14.8 Å². The monoisotopic (exact) mass is 374 g/mol. The van der Waals surface area contributed by atoms with Crippen LogP contribution in [-0.4, -0.2) is 26.0 Å². The predicted octanol–water partition coefficient (Wildman–Crippen LogP) is 1.30. The van der Waals surface area contributed by atoms with Gasteiger partial charge in [0.15, 0.2) is 0 Å². The second-order valence-electron chi connectivity index (χ2n) is 5.24. The highest BCUT2D eigenvalue weighted by molar-refractivity contribution is 7.89. The third-order valence-electron chi connectivity index (χ3n) is 3.41. The maximum absolute atomic E-state index is 12.5. The molecule has 0 saturated heterocycles. The Morgan fingerprint density at radius 1 is 1.19 bits per heavy atom. The Morgan fingerprint density at radius 2 is 1.81 bits per heavy atom. The van der Waals surface area contributed by atoms with E-state index in [1.165, 1.54) is 48.5 Å². The maximum atomic E-state index is 12.5. The van der Waals surface area contributed by atoms with Crippen LogP contribution in [0, 0.1) is 11.8 Å². The molecule has 0 saturated carbocycles. The van der Waals surface area contributed by atoms with Gasteiger partial charge >= 0.3 is 0 Å². The third-order valence-corrected chi connectivity index (χ3v) is 4.84. The number of hydrogen-bond donors (Lipinski definition) is 3. The minimum absolute atomic E-state index is 0.0109. The van der Waals surface area contributed by atoms with E-state index in [1.54, 1.807) is 6.92 Å². The molecule has 0 radical (unpaired) electrons. The minimum atomic E-state index is -4.00. The van der Waals surface area contributed by atoms with Gasteiger partial charge in [0.2, 0.25) is 15.9 Å². The van der Waals surface area contributed by atoms with Gasteiger partial charge in [0, 0.05) is 0 Å². The number of phenols is 1. The largest absolute Gasteiger partial charge is 0.508 e. The number of amides is 1. The first kappa shape index (κ1) is 19.3. The number of nitrogens with one attached hydrogen (secondary N) is 1. The van der Waals surface area contributed by atoms with Gasteiger partial charge in [-0.15, -0.1) is 5.92 Å².